The van der Waals surface area contributed by atoms with Gasteiger partial charge in [-0.05, 0) is 42.0 Å². The minimum atomic E-state index is -0.313. The number of morpholine rings is 1. The lowest BCUT2D eigenvalue weighted by Crippen LogP contribution is -2.42. The maximum atomic E-state index is 13.4. The first-order chi connectivity index (χ1) is 20.5. The summed E-state index contributed by atoms with van der Waals surface area (Å²) in [5.74, 6) is 7.30. The van der Waals surface area contributed by atoms with Crippen LogP contribution in [0, 0.1) is 17.7 Å². The van der Waals surface area contributed by atoms with E-state index in [0.717, 1.165) is 20.8 Å². The van der Waals surface area contributed by atoms with Crippen LogP contribution in [-0.2, 0) is 16.1 Å². The Morgan fingerprint density at radius 1 is 1.21 bits per heavy atom. The number of anilines is 2. The third-order valence-corrected chi connectivity index (χ3v) is 8.13. The number of aromatic nitrogens is 2. The van der Waals surface area contributed by atoms with E-state index in [0.29, 0.717) is 61.4 Å². The number of fused-ring (bicyclic) bond motifs is 1. The molecule has 0 radical (unpaired) electrons. The third-order valence-electron chi connectivity index (χ3n) is 6.79. The number of amides is 1. The van der Waals surface area contributed by atoms with Gasteiger partial charge in [-0.1, -0.05) is 35.6 Å². The molecule has 2 aliphatic rings. The monoisotopic (exact) mass is 607 g/mol. The number of halogens is 2. The summed E-state index contributed by atoms with van der Waals surface area (Å²) in [4.78, 5) is 23.7. The first-order valence-corrected chi connectivity index (χ1v) is 14.7. The van der Waals surface area contributed by atoms with Crippen molar-refractivity contribution >= 4 is 50.8 Å². The Morgan fingerprint density at radius 2 is 2.10 bits per heavy atom. The van der Waals surface area contributed by atoms with E-state index in [1.807, 2.05) is 12.1 Å². The van der Waals surface area contributed by atoms with Gasteiger partial charge in [0.15, 0.2) is 5.82 Å². The molecule has 0 aliphatic carbocycles. The van der Waals surface area contributed by atoms with Crippen molar-refractivity contribution in [3.63, 3.8) is 0 Å². The minimum absolute atomic E-state index is 0.0785. The zero-order valence-corrected chi connectivity index (χ0v) is 24.0. The lowest BCUT2D eigenvalue weighted by Gasteiger charge is -2.27. The van der Waals surface area contributed by atoms with E-state index in [-0.39, 0.29) is 30.7 Å². The SMILES string of the molecule is O=C(O[C@H]1CN[C@@H](C#Cc2cc3ncnc(Nc4ccc(OCc5cccc(F)c5)c(Cl)c4)c3s2)C1)N1CCOCC1. The standard InChI is InChI=1S/C30H27ClFN5O4S/c31-25-14-22(5-7-27(25)40-17-19-2-1-3-20(32)12-19)36-29-28-26(34-18-35-29)15-24(42-28)6-4-21-13-23(16-33-21)41-30(38)37-8-10-39-11-9-37/h1-3,5,7,12,14-15,18,21,23,33H,8-11,13,16-17H2,(H,34,35,36)/t21-,23+/m0/s1. The number of nitrogens with one attached hydrogen (secondary N) is 2. The van der Waals surface area contributed by atoms with E-state index in [1.54, 1.807) is 29.2 Å². The maximum Gasteiger partial charge on any atom is 0.410 e. The van der Waals surface area contributed by atoms with Gasteiger partial charge in [0.1, 0.15) is 30.6 Å². The van der Waals surface area contributed by atoms with Crippen molar-refractivity contribution in [1.29, 1.82) is 0 Å². The number of ether oxygens (including phenoxy) is 3. The molecule has 2 N–H and O–H groups in total. The largest absolute Gasteiger partial charge is 0.487 e. The lowest BCUT2D eigenvalue weighted by atomic mass is 10.2. The van der Waals surface area contributed by atoms with Crippen LogP contribution in [0.2, 0.25) is 5.02 Å². The average Bonchev–Trinajstić information content (AvgIpc) is 3.63. The van der Waals surface area contributed by atoms with Gasteiger partial charge in [-0.2, -0.15) is 0 Å². The smallest absolute Gasteiger partial charge is 0.410 e. The van der Waals surface area contributed by atoms with Crippen LogP contribution in [0.3, 0.4) is 0 Å². The first-order valence-electron chi connectivity index (χ1n) is 13.5. The van der Waals surface area contributed by atoms with Crippen molar-refractivity contribution in [3.8, 4) is 17.6 Å². The fourth-order valence-corrected chi connectivity index (χ4v) is 5.80. The molecule has 0 saturated carbocycles. The van der Waals surface area contributed by atoms with Gasteiger partial charge in [-0.3, -0.25) is 5.32 Å². The van der Waals surface area contributed by atoms with Crippen molar-refractivity contribution in [2.24, 2.45) is 0 Å². The van der Waals surface area contributed by atoms with Crippen LogP contribution in [0.15, 0.2) is 54.9 Å². The Bertz CT molecular complexity index is 1650. The molecule has 42 heavy (non-hydrogen) atoms. The van der Waals surface area contributed by atoms with Crippen LogP contribution >= 0.6 is 22.9 Å². The average molecular weight is 608 g/mol. The van der Waals surface area contributed by atoms with Crippen LogP contribution < -0.4 is 15.4 Å². The maximum absolute atomic E-state index is 13.4. The third kappa shape index (κ3) is 6.91. The van der Waals surface area contributed by atoms with Gasteiger partial charge in [0.2, 0.25) is 0 Å². The topological polar surface area (TPSA) is 97.8 Å². The molecule has 12 heteroatoms. The second-order valence-corrected chi connectivity index (χ2v) is 11.3. The molecule has 2 atom stereocenters. The summed E-state index contributed by atoms with van der Waals surface area (Å²) in [5.41, 5.74) is 2.22. The highest BCUT2D eigenvalue weighted by Crippen LogP contribution is 2.33. The number of rotatable bonds is 6. The molecule has 9 nitrogen and oxygen atoms in total. The van der Waals surface area contributed by atoms with Crippen LogP contribution in [0.25, 0.3) is 10.2 Å². The van der Waals surface area contributed by atoms with E-state index >= 15 is 0 Å². The number of benzene rings is 2. The molecule has 0 spiro atoms. The van der Waals surface area contributed by atoms with Gasteiger partial charge in [0.25, 0.3) is 0 Å². The van der Waals surface area contributed by atoms with Crippen molar-refractivity contribution in [2.75, 3.05) is 38.2 Å². The normalized spacial score (nSPS) is 18.4. The van der Waals surface area contributed by atoms with E-state index < -0.39 is 0 Å². The van der Waals surface area contributed by atoms with Gasteiger partial charge < -0.3 is 24.4 Å². The Labute approximate surface area is 251 Å². The van der Waals surface area contributed by atoms with Crippen molar-refractivity contribution in [2.45, 2.75) is 25.2 Å². The summed E-state index contributed by atoms with van der Waals surface area (Å²) >= 11 is 7.96. The highest BCUT2D eigenvalue weighted by molar-refractivity contribution is 7.20. The molecule has 4 heterocycles. The quantitative estimate of drug-likeness (QED) is 0.283. The summed E-state index contributed by atoms with van der Waals surface area (Å²) < 4.78 is 31.0. The molecule has 2 aromatic carbocycles. The minimum Gasteiger partial charge on any atom is -0.487 e. The highest BCUT2D eigenvalue weighted by atomic mass is 35.5. The summed E-state index contributed by atoms with van der Waals surface area (Å²) in [6.07, 6.45) is 1.62. The van der Waals surface area contributed by atoms with E-state index in [2.05, 4.69) is 32.4 Å². The Balaban J connectivity index is 1.07. The van der Waals surface area contributed by atoms with Crippen molar-refractivity contribution in [3.05, 3.63) is 76.1 Å². The molecule has 4 aromatic rings. The summed E-state index contributed by atoms with van der Waals surface area (Å²) in [5, 5.41) is 7.05. The van der Waals surface area contributed by atoms with Crippen molar-refractivity contribution < 1.29 is 23.4 Å². The molecular formula is C30H27ClFN5O4S. The fourth-order valence-electron chi connectivity index (χ4n) is 4.65. The van der Waals surface area contributed by atoms with Crippen molar-refractivity contribution in [1.82, 2.24) is 20.2 Å². The Kier molecular flexibility index (Phi) is 8.67. The van der Waals surface area contributed by atoms with Gasteiger partial charge in [-0.25, -0.2) is 19.2 Å². The molecule has 2 fully saturated rings. The number of carbonyl (C=O) groups is 1. The molecule has 0 unspecified atom stereocenters. The molecule has 2 aromatic heterocycles. The summed E-state index contributed by atoms with van der Waals surface area (Å²) in [7, 11) is 0. The van der Waals surface area contributed by atoms with E-state index in [1.165, 1.54) is 29.8 Å². The molecule has 6 rings (SSSR count). The predicted molar refractivity (Wildman–Crippen MR) is 159 cm³/mol. The van der Waals surface area contributed by atoms with Gasteiger partial charge in [-0.15, -0.1) is 11.3 Å². The van der Waals surface area contributed by atoms with Crippen LogP contribution in [0.4, 0.5) is 20.7 Å². The molecular weight excluding hydrogens is 581 g/mol. The summed E-state index contributed by atoms with van der Waals surface area (Å²) in [6.45, 7) is 2.96. The number of thiophene rings is 1. The molecule has 2 aliphatic heterocycles. The lowest BCUT2D eigenvalue weighted by molar-refractivity contribution is 0.0156. The van der Waals surface area contributed by atoms with Gasteiger partial charge in [0, 0.05) is 31.7 Å². The Morgan fingerprint density at radius 3 is 2.93 bits per heavy atom. The Hall–Kier alpha value is -3.95. The van der Waals surface area contributed by atoms with Crippen LogP contribution in [0.1, 0.15) is 16.9 Å². The first kappa shape index (κ1) is 28.2. The second kappa shape index (κ2) is 12.9. The predicted octanol–water partition coefficient (Wildman–Crippen LogP) is 5.36. The number of hydrogen-bond acceptors (Lipinski definition) is 9. The molecule has 0 bridgehead atoms. The fraction of sp³-hybridized carbons (Fsp3) is 0.300. The second-order valence-electron chi connectivity index (χ2n) is 9.81. The van der Waals surface area contributed by atoms with Crippen LogP contribution in [-0.4, -0.2) is 66.0 Å². The molecule has 1 amide bonds. The zero-order valence-electron chi connectivity index (χ0n) is 22.4. The molecule has 2 saturated heterocycles. The number of hydrogen-bond donors (Lipinski definition) is 2. The van der Waals surface area contributed by atoms with Crippen LogP contribution in [0.5, 0.6) is 5.75 Å². The van der Waals surface area contributed by atoms with E-state index in [4.69, 9.17) is 25.8 Å². The highest BCUT2D eigenvalue weighted by Gasteiger charge is 2.28. The number of carbonyl (C=O) groups excluding carboxylic acids is 1. The zero-order chi connectivity index (χ0) is 28.9. The summed E-state index contributed by atoms with van der Waals surface area (Å²) in [6, 6.07) is 13.4. The molecule has 216 valence electrons. The van der Waals surface area contributed by atoms with E-state index in [9.17, 15) is 9.18 Å². The van der Waals surface area contributed by atoms with Gasteiger partial charge in [0.05, 0.1) is 39.4 Å². The van der Waals surface area contributed by atoms with Gasteiger partial charge >= 0.3 is 6.09 Å². The number of nitrogens with zero attached hydrogens (tertiary/aromatic N) is 3.